The Bertz CT molecular complexity index is 541. The van der Waals surface area contributed by atoms with Crippen LogP contribution in [0.3, 0.4) is 0 Å². The van der Waals surface area contributed by atoms with Gasteiger partial charge in [-0.05, 0) is 19.8 Å². The van der Waals surface area contributed by atoms with E-state index < -0.39 is 0 Å². The summed E-state index contributed by atoms with van der Waals surface area (Å²) in [6.07, 6.45) is 3.68. The van der Waals surface area contributed by atoms with Gasteiger partial charge in [0.15, 0.2) is 5.65 Å². The Balaban J connectivity index is 2.18. The summed E-state index contributed by atoms with van der Waals surface area (Å²) in [5.41, 5.74) is 0.736. The number of hydrogen-bond acceptors (Lipinski definition) is 6. The summed E-state index contributed by atoms with van der Waals surface area (Å²) in [7, 11) is 1.71. The summed E-state index contributed by atoms with van der Waals surface area (Å²) in [6.45, 7) is 5.77. The molecule has 1 atom stereocenters. The molecular weight excluding hydrogens is 256 g/mol. The molecule has 20 heavy (non-hydrogen) atoms. The second-order valence-corrected chi connectivity index (χ2v) is 4.78. The Kier molecular flexibility index (Phi) is 5.11. The largest absolute Gasteiger partial charge is 0.385 e. The Hall–Kier alpha value is -1.89. The zero-order valence-corrected chi connectivity index (χ0v) is 12.2. The van der Waals surface area contributed by atoms with Crippen LogP contribution in [0.4, 0.5) is 11.8 Å². The van der Waals surface area contributed by atoms with E-state index in [2.05, 4.69) is 44.6 Å². The molecule has 2 heterocycles. The van der Waals surface area contributed by atoms with Crippen molar-refractivity contribution in [2.45, 2.75) is 32.7 Å². The minimum absolute atomic E-state index is 0.266. The third-order valence-corrected chi connectivity index (χ3v) is 2.98. The fourth-order valence-corrected chi connectivity index (χ4v) is 1.86. The molecule has 1 unspecified atom stereocenters. The average molecular weight is 278 g/mol. The first-order valence-corrected chi connectivity index (χ1v) is 6.95. The van der Waals surface area contributed by atoms with Crippen molar-refractivity contribution < 1.29 is 4.74 Å². The van der Waals surface area contributed by atoms with Crippen molar-refractivity contribution in [1.29, 1.82) is 0 Å². The predicted molar refractivity (Wildman–Crippen MR) is 80.0 cm³/mol. The maximum absolute atomic E-state index is 5.10. The summed E-state index contributed by atoms with van der Waals surface area (Å²) in [5.74, 6) is 1.41. The highest BCUT2D eigenvalue weighted by molar-refractivity contribution is 5.87. The Morgan fingerprint density at radius 2 is 2.25 bits per heavy atom. The van der Waals surface area contributed by atoms with E-state index in [0.717, 1.165) is 36.2 Å². The average Bonchev–Trinajstić information content (AvgIpc) is 2.91. The number of ether oxygens (including phenoxy) is 1. The van der Waals surface area contributed by atoms with Gasteiger partial charge in [-0.25, -0.2) is 0 Å². The lowest BCUT2D eigenvalue weighted by Crippen LogP contribution is -2.19. The van der Waals surface area contributed by atoms with E-state index in [-0.39, 0.29) is 6.04 Å². The Labute approximate surface area is 118 Å². The molecule has 0 aliphatic heterocycles. The van der Waals surface area contributed by atoms with Crippen LogP contribution in [0.15, 0.2) is 6.20 Å². The molecule has 7 heteroatoms. The van der Waals surface area contributed by atoms with Gasteiger partial charge in [0.2, 0.25) is 5.95 Å². The van der Waals surface area contributed by atoms with Crippen molar-refractivity contribution >= 4 is 22.8 Å². The zero-order chi connectivity index (χ0) is 14.4. The van der Waals surface area contributed by atoms with Crippen molar-refractivity contribution in [2.24, 2.45) is 0 Å². The van der Waals surface area contributed by atoms with Gasteiger partial charge in [0.1, 0.15) is 5.82 Å². The lowest BCUT2D eigenvalue weighted by molar-refractivity contribution is 0.191. The summed E-state index contributed by atoms with van der Waals surface area (Å²) in [5, 5.41) is 14.4. The fraction of sp³-hybridized carbons (Fsp3) is 0.615. The van der Waals surface area contributed by atoms with Crippen molar-refractivity contribution in [3.05, 3.63) is 6.20 Å². The molecule has 0 spiro atoms. The molecule has 0 aliphatic rings. The number of aromatic amines is 1. The van der Waals surface area contributed by atoms with Crippen molar-refractivity contribution in [3.8, 4) is 0 Å². The third kappa shape index (κ3) is 3.57. The highest BCUT2D eigenvalue weighted by Gasteiger charge is 2.11. The molecule has 0 aromatic carbocycles. The van der Waals surface area contributed by atoms with E-state index in [9.17, 15) is 0 Å². The molecule has 0 bridgehead atoms. The van der Waals surface area contributed by atoms with Gasteiger partial charge in [0, 0.05) is 26.3 Å². The maximum atomic E-state index is 5.10. The van der Waals surface area contributed by atoms with Crippen LogP contribution in [0.25, 0.3) is 11.0 Å². The van der Waals surface area contributed by atoms with Crippen LogP contribution >= 0.6 is 0 Å². The van der Waals surface area contributed by atoms with E-state index in [1.807, 2.05) is 0 Å². The molecule has 0 amide bonds. The minimum Gasteiger partial charge on any atom is -0.385 e. The molecule has 0 fully saturated rings. The molecule has 0 aliphatic carbocycles. The van der Waals surface area contributed by atoms with Crippen LogP contribution in [0.5, 0.6) is 0 Å². The predicted octanol–water partition coefficient (Wildman–Crippen LogP) is 2.01. The summed E-state index contributed by atoms with van der Waals surface area (Å²) >= 11 is 0. The molecule has 0 saturated carbocycles. The molecule has 0 radical (unpaired) electrons. The third-order valence-electron chi connectivity index (χ3n) is 2.98. The first kappa shape index (κ1) is 14.5. The maximum Gasteiger partial charge on any atom is 0.226 e. The number of nitrogens with zero attached hydrogens (tertiary/aromatic N) is 3. The van der Waals surface area contributed by atoms with Crippen LogP contribution in [0.1, 0.15) is 26.7 Å². The number of methoxy groups -OCH3 is 1. The number of nitrogens with one attached hydrogen (secondary N) is 3. The number of hydrogen-bond donors (Lipinski definition) is 3. The first-order valence-electron chi connectivity index (χ1n) is 6.95. The molecule has 0 saturated heterocycles. The smallest absolute Gasteiger partial charge is 0.226 e. The number of H-pyrrole nitrogens is 1. The van der Waals surface area contributed by atoms with Crippen molar-refractivity contribution in [1.82, 2.24) is 20.2 Å². The zero-order valence-electron chi connectivity index (χ0n) is 12.2. The highest BCUT2D eigenvalue weighted by Crippen LogP contribution is 2.21. The lowest BCUT2D eigenvalue weighted by atomic mass is 10.2. The van der Waals surface area contributed by atoms with Crippen molar-refractivity contribution in [3.63, 3.8) is 0 Å². The highest BCUT2D eigenvalue weighted by atomic mass is 16.5. The Morgan fingerprint density at radius 1 is 1.40 bits per heavy atom. The molecule has 110 valence electrons. The molecule has 7 nitrogen and oxygen atoms in total. The topological polar surface area (TPSA) is 87.8 Å². The molecule has 2 rings (SSSR count). The van der Waals surface area contributed by atoms with E-state index in [1.165, 1.54) is 0 Å². The second-order valence-electron chi connectivity index (χ2n) is 4.78. The second kappa shape index (κ2) is 7.04. The molecule has 3 N–H and O–H groups in total. The van der Waals surface area contributed by atoms with Crippen LogP contribution < -0.4 is 10.6 Å². The molecular formula is C13H22N6O. The number of fused-ring (bicyclic) bond motifs is 1. The van der Waals surface area contributed by atoms with Gasteiger partial charge in [-0.2, -0.15) is 15.1 Å². The normalized spacial score (nSPS) is 12.6. The van der Waals surface area contributed by atoms with Crippen LogP contribution in [-0.4, -0.2) is 46.5 Å². The standard InChI is InChI=1S/C13H22N6O/c1-4-6-14-13-17-11(16-9(2)5-7-20-3)10-8-15-19-12(10)18-13/h8-9H,4-7H2,1-3H3,(H3,14,15,16,17,18,19). The van der Waals surface area contributed by atoms with Crippen LogP contribution in [-0.2, 0) is 4.74 Å². The summed E-state index contributed by atoms with van der Waals surface area (Å²) in [6, 6.07) is 0.266. The Morgan fingerprint density at radius 3 is 3.00 bits per heavy atom. The monoisotopic (exact) mass is 278 g/mol. The van der Waals surface area contributed by atoms with Gasteiger partial charge in [-0.15, -0.1) is 0 Å². The van der Waals surface area contributed by atoms with Crippen LogP contribution in [0, 0.1) is 0 Å². The molecule has 2 aromatic heterocycles. The number of rotatable bonds is 8. The van der Waals surface area contributed by atoms with Gasteiger partial charge in [-0.1, -0.05) is 6.92 Å². The van der Waals surface area contributed by atoms with Crippen molar-refractivity contribution in [2.75, 3.05) is 30.9 Å². The van der Waals surface area contributed by atoms with E-state index in [4.69, 9.17) is 4.74 Å². The van der Waals surface area contributed by atoms with Gasteiger partial charge in [0.25, 0.3) is 0 Å². The first-order chi connectivity index (χ1) is 9.74. The molecule has 2 aromatic rings. The van der Waals surface area contributed by atoms with Gasteiger partial charge in [0.05, 0.1) is 11.6 Å². The van der Waals surface area contributed by atoms with Crippen LogP contribution in [0.2, 0.25) is 0 Å². The quantitative estimate of drug-likeness (QED) is 0.684. The number of aromatic nitrogens is 4. The minimum atomic E-state index is 0.266. The lowest BCUT2D eigenvalue weighted by Gasteiger charge is -2.15. The summed E-state index contributed by atoms with van der Waals surface area (Å²) in [4.78, 5) is 8.92. The van der Waals surface area contributed by atoms with E-state index >= 15 is 0 Å². The number of anilines is 2. The van der Waals surface area contributed by atoms with E-state index in [1.54, 1.807) is 13.3 Å². The fourth-order valence-electron chi connectivity index (χ4n) is 1.86. The van der Waals surface area contributed by atoms with Gasteiger partial charge < -0.3 is 15.4 Å². The van der Waals surface area contributed by atoms with Gasteiger partial charge in [-0.3, -0.25) is 5.10 Å². The summed E-state index contributed by atoms with van der Waals surface area (Å²) < 4.78 is 5.10. The van der Waals surface area contributed by atoms with Gasteiger partial charge >= 0.3 is 0 Å². The van der Waals surface area contributed by atoms with E-state index in [0.29, 0.717) is 12.6 Å². The SMILES string of the molecule is CCCNc1nc(NC(C)CCOC)c2cn[nH]c2n1.